The quantitative estimate of drug-likeness (QED) is 0.778. The molecule has 0 heterocycles. The molecule has 0 bridgehead atoms. The Bertz CT molecular complexity index is 388. The number of hydrogen-bond donors (Lipinski definition) is 2. The fraction of sp³-hybridized carbons (Fsp3) is 0.364. The third-order valence-corrected chi connectivity index (χ3v) is 3.20. The van der Waals surface area contributed by atoms with Gasteiger partial charge in [0.05, 0.1) is 5.92 Å². The Hall–Kier alpha value is -1.16. The van der Waals surface area contributed by atoms with Crippen LogP contribution in [0.25, 0.3) is 0 Å². The standard InChI is InChI=1S/C11H14O3S/c1-6-4-5-8(15-3)9(10(6)12)7(2)11(13)14/h4-5,7,12H,1-3H3,(H,13,14). The van der Waals surface area contributed by atoms with Crippen molar-refractivity contribution in [1.82, 2.24) is 0 Å². The first kappa shape index (κ1) is 11.9. The number of hydrogen-bond acceptors (Lipinski definition) is 3. The zero-order valence-electron chi connectivity index (χ0n) is 8.94. The lowest BCUT2D eigenvalue weighted by Crippen LogP contribution is -2.09. The smallest absolute Gasteiger partial charge is 0.310 e. The Kier molecular flexibility index (Phi) is 3.63. The molecule has 0 aromatic heterocycles. The molecule has 0 aliphatic carbocycles. The fourth-order valence-corrected chi connectivity index (χ4v) is 2.12. The predicted octanol–water partition coefficient (Wildman–Crippen LogP) is 2.61. The topological polar surface area (TPSA) is 57.5 Å². The molecule has 15 heavy (non-hydrogen) atoms. The molecule has 1 aromatic carbocycles. The van der Waals surface area contributed by atoms with E-state index < -0.39 is 11.9 Å². The number of aromatic hydroxyl groups is 1. The van der Waals surface area contributed by atoms with Gasteiger partial charge in [-0.05, 0) is 31.7 Å². The molecule has 0 aliphatic heterocycles. The summed E-state index contributed by atoms with van der Waals surface area (Å²) < 4.78 is 0. The maximum atomic E-state index is 10.9. The maximum Gasteiger partial charge on any atom is 0.310 e. The highest BCUT2D eigenvalue weighted by Gasteiger charge is 2.21. The van der Waals surface area contributed by atoms with Crippen LogP contribution in [0.1, 0.15) is 24.0 Å². The van der Waals surface area contributed by atoms with E-state index in [4.69, 9.17) is 5.11 Å². The normalized spacial score (nSPS) is 12.5. The van der Waals surface area contributed by atoms with E-state index in [9.17, 15) is 9.90 Å². The van der Waals surface area contributed by atoms with Crippen LogP contribution >= 0.6 is 11.8 Å². The first-order chi connectivity index (χ1) is 6.99. The summed E-state index contributed by atoms with van der Waals surface area (Å²) in [5.74, 6) is -1.52. The first-order valence-corrected chi connectivity index (χ1v) is 5.80. The van der Waals surface area contributed by atoms with Crippen LogP contribution < -0.4 is 0 Å². The number of phenolic OH excluding ortho intramolecular Hbond substituents is 1. The summed E-state index contributed by atoms with van der Waals surface area (Å²) in [6.07, 6.45) is 1.86. The maximum absolute atomic E-state index is 10.9. The van der Waals surface area contributed by atoms with Crippen molar-refractivity contribution in [3.63, 3.8) is 0 Å². The SMILES string of the molecule is CSc1ccc(C)c(O)c1C(C)C(=O)O. The number of aryl methyl sites for hydroxylation is 1. The minimum Gasteiger partial charge on any atom is -0.507 e. The van der Waals surface area contributed by atoms with E-state index in [1.54, 1.807) is 19.9 Å². The average Bonchev–Trinajstić information content (AvgIpc) is 2.20. The molecule has 0 radical (unpaired) electrons. The van der Waals surface area contributed by atoms with Crippen LogP contribution in [0.4, 0.5) is 0 Å². The van der Waals surface area contributed by atoms with Crippen molar-refractivity contribution in [2.45, 2.75) is 24.7 Å². The molecule has 1 atom stereocenters. The van der Waals surface area contributed by atoms with Crippen LogP contribution in [-0.4, -0.2) is 22.4 Å². The minimum atomic E-state index is -0.925. The van der Waals surface area contributed by atoms with Crippen molar-refractivity contribution in [3.8, 4) is 5.75 Å². The van der Waals surface area contributed by atoms with E-state index in [0.717, 1.165) is 4.90 Å². The van der Waals surface area contributed by atoms with Crippen LogP contribution in [0.3, 0.4) is 0 Å². The molecule has 0 saturated carbocycles. The van der Waals surface area contributed by atoms with Gasteiger partial charge in [-0.1, -0.05) is 6.07 Å². The van der Waals surface area contributed by atoms with Gasteiger partial charge < -0.3 is 10.2 Å². The van der Waals surface area contributed by atoms with Crippen molar-refractivity contribution in [1.29, 1.82) is 0 Å². The van der Waals surface area contributed by atoms with E-state index in [0.29, 0.717) is 11.1 Å². The number of carboxylic acid groups (broad SMARTS) is 1. The first-order valence-electron chi connectivity index (χ1n) is 4.58. The van der Waals surface area contributed by atoms with Crippen LogP contribution in [0.2, 0.25) is 0 Å². The van der Waals surface area contributed by atoms with Crippen LogP contribution in [0.15, 0.2) is 17.0 Å². The van der Waals surface area contributed by atoms with Crippen molar-refractivity contribution < 1.29 is 15.0 Å². The molecular weight excluding hydrogens is 212 g/mol. The number of thioether (sulfide) groups is 1. The zero-order chi connectivity index (χ0) is 11.6. The van der Waals surface area contributed by atoms with E-state index in [1.165, 1.54) is 11.8 Å². The van der Waals surface area contributed by atoms with Gasteiger partial charge in [0.25, 0.3) is 0 Å². The lowest BCUT2D eigenvalue weighted by atomic mass is 9.98. The highest BCUT2D eigenvalue weighted by molar-refractivity contribution is 7.98. The summed E-state index contributed by atoms with van der Waals surface area (Å²) in [5, 5.41) is 18.8. The Morgan fingerprint density at radius 2 is 2.07 bits per heavy atom. The van der Waals surface area contributed by atoms with Gasteiger partial charge in [0.15, 0.2) is 0 Å². The summed E-state index contributed by atoms with van der Waals surface area (Å²) >= 11 is 1.44. The van der Waals surface area contributed by atoms with E-state index in [1.807, 2.05) is 12.3 Å². The molecule has 1 rings (SSSR count). The molecule has 82 valence electrons. The second-order valence-corrected chi connectivity index (χ2v) is 4.26. The van der Waals surface area contributed by atoms with E-state index >= 15 is 0 Å². The molecule has 4 heteroatoms. The second-order valence-electron chi connectivity index (χ2n) is 3.41. The summed E-state index contributed by atoms with van der Waals surface area (Å²) in [6.45, 7) is 3.34. The molecule has 3 nitrogen and oxygen atoms in total. The highest BCUT2D eigenvalue weighted by atomic mass is 32.2. The van der Waals surface area contributed by atoms with Gasteiger partial charge in [-0.3, -0.25) is 4.79 Å². The summed E-state index contributed by atoms with van der Waals surface area (Å²) in [7, 11) is 0. The van der Waals surface area contributed by atoms with Crippen molar-refractivity contribution in [3.05, 3.63) is 23.3 Å². The molecule has 0 aliphatic rings. The van der Waals surface area contributed by atoms with Gasteiger partial charge in [0.2, 0.25) is 0 Å². The number of benzene rings is 1. The van der Waals surface area contributed by atoms with Crippen LogP contribution in [-0.2, 0) is 4.79 Å². The molecule has 1 aromatic rings. The largest absolute Gasteiger partial charge is 0.507 e. The highest BCUT2D eigenvalue weighted by Crippen LogP contribution is 2.36. The van der Waals surface area contributed by atoms with Gasteiger partial charge >= 0.3 is 5.97 Å². The molecular formula is C11H14O3S. The number of carbonyl (C=O) groups is 1. The number of phenols is 1. The lowest BCUT2D eigenvalue weighted by molar-refractivity contribution is -0.138. The molecule has 0 fully saturated rings. The monoisotopic (exact) mass is 226 g/mol. The number of rotatable bonds is 3. The minimum absolute atomic E-state index is 0.0942. The molecule has 2 N–H and O–H groups in total. The second kappa shape index (κ2) is 4.57. The number of aliphatic carboxylic acids is 1. The van der Waals surface area contributed by atoms with E-state index in [-0.39, 0.29) is 5.75 Å². The van der Waals surface area contributed by atoms with Crippen molar-refractivity contribution in [2.75, 3.05) is 6.26 Å². The third kappa shape index (κ3) is 2.26. The average molecular weight is 226 g/mol. The Morgan fingerprint density at radius 1 is 1.47 bits per heavy atom. The van der Waals surface area contributed by atoms with Crippen molar-refractivity contribution >= 4 is 17.7 Å². The Labute approximate surface area is 93.1 Å². The third-order valence-electron chi connectivity index (χ3n) is 2.40. The van der Waals surface area contributed by atoms with Crippen LogP contribution in [0.5, 0.6) is 5.75 Å². The van der Waals surface area contributed by atoms with Crippen LogP contribution in [0, 0.1) is 6.92 Å². The molecule has 0 amide bonds. The van der Waals surface area contributed by atoms with Gasteiger partial charge in [-0.2, -0.15) is 0 Å². The van der Waals surface area contributed by atoms with E-state index in [2.05, 4.69) is 0 Å². The Balaban J connectivity index is 3.35. The molecule has 0 spiro atoms. The zero-order valence-corrected chi connectivity index (χ0v) is 9.76. The summed E-state index contributed by atoms with van der Waals surface area (Å²) in [4.78, 5) is 11.7. The van der Waals surface area contributed by atoms with Gasteiger partial charge in [-0.25, -0.2) is 0 Å². The van der Waals surface area contributed by atoms with Gasteiger partial charge in [-0.15, -0.1) is 11.8 Å². The van der Waals surface area contributed by atoms with Gasteiger partial charge in [0.1, 0.15) is 5.75 Å². The Morgan fingerprint density at radius 3 is 2.53 bits per heavy atom. The molecule has 0 saturated heterocycles. The predicted molar refractivity (Wildman–Crippen MR) is 60.7 cm³/mol. The summed E-state index contributed by atoms with van der Waals surface area (Å²) in [6, 6.07) is 3.63. The summed E-state index contributed by atoms with van der Waals surface area (Å²) in [5.41, 5.74) is 1.21. The fourth-order valence-electron chi connectivity index (χ4n) is 1.42. The lowest BCUT2D eigenvalue weighted by Gasteiger charge is -2.15. The molecule has 1 unspecified atom stereocenters. The van der Waals surface area contributed by atoms with Crippen molar-refractivity contribution in [2.24, 2.45) is 0 Å². The van der Waals surface area contributed by atoms with Gasteiger partial charge in [0, 0.05) is 10.5 Å². The number of carboxylic acids is 1.